The number of aryl methyl sites for hydroxylation is 3. The number of fused-ring (bicyclic) bond motifs is 1. The van der Waals surface area contributed by atoms with E-state index in [2.05, 4.69) is 41.4 Å². The van der Waals surface area contributed by atoms with E-state index in [4.69, 9.17) is 4.74 Å². The molecule has 0 aliphatic heterocycles. The van der Waals surface area contributed by atoms with Crippen molar-refractivity contribution in [3.63, 3.8) is 0 Å². The highest BCUT2D eigenvalue weighted by Crippen LogP contribution is 2.22. The van der Waals surface area contributed by atoms with Gasteiger partial charge in [-0.3, -0.25) is 4.40 Å². The molecule has 0 saturated carbocycles. The molecule has 3 nitrogen and oxygen atoms in total. The van der Waals surface area contributed by atoms with Crippen molar-refractivity contribution < 1.29 is 4.74 Å². The second-order valence-electron chi connectivity index (χ2n) is 4.92. The highest BCUT2D eigenvalue weighted by Gasteiger charge is 2.11. The van der Waals surface area contributed by atoms with Gasteiger partial charge in [0.15, 0.2) is 0 Å². The van der Waals surface area contributed by atoms with Gasteiger partial charge in [-0.2, -0.15) is 0 Å². The number of methoxy groups -OCH3 is 1. The molecule has 2 aromatic heterocycles. The molecule has 0 amide bonds. The van der Waals surface area contributed by atoms with Crippen LogP contribution in [0.2, 0.25) is 0 Å². The minimum atomic E-state index is 0.821. The second kappa shape index (κ2) is 5.37. The molecule has 0 aliphatic rings. The highest BCUT2D eigenvalue weighted by atomic mass is 16.5. The molecule has 1 aromatic carbocycles. The number of nitrogens with zero attached hydrogens (tertiary/aromatic N) is 2. The number of aromatic nitrogens is 2. The van der Waals surface area contributed by atoms with Gasteiger partial charge in [0.05, 0.1) is 7.11 Å². The third-order valence-electron chi connectivity index (χ3n) is 3.57. The third kappa shape index (κ3) is 2.27. The predicted molar refractivity (Wildman–Crippen MR) is 80.3 cm³/mol. The quantitative estimate of drug-likeness (QED) is 0.723. The standard InChI is InChI=1S/C17H18N2O/c1-13-17(20-2)19-12-6-9-15(16(19)18-13)11-10-14-7-4-3-5-8-14/h3-9,12H,10-11H2,1-2H3. The summed E-state index contributed by atoms with van der Waals surface area (Å²) in [5.41, 5.74) is 4.53. The molecule has 0 radical (unpaired) electrons. The Morgan fingerprint density at radius 3 is 2.60 bits per heavy atom. The number of ether oxygens (including phenoxy) is 1. The molecule has 3 heteroatoms. The molecular weight excluding hydrogens is 248 g/mol. The number of rotatable bonds is 4. The van der Waals surface area contributed by atoms with Gasteiger partial charge in [0.1, 0.15) is 11.3 Å². The van der Waals surface area contributed by atoms with Gasteiger partial charge in [-0.15, -0.1) is 0 Å². The average molecular weight is 266 g/mol. The van der Waals surface area contributed by atoms with Gasteiger partial charge in [-0.05, 0) is 37.0 Å². The van der Waals surface area contributed by atoms with Crippen LogP contribution in [-0.4, -0.2) is 16.5 Å². The molecule has 0 N–H and O–H groups in total. The predicted octanol–water partition coefficient (Wildman–Crippen LogP) is 3.44. The minimum absolute atomic E-state index is 0.821. The van der Waals surface area contributed by atoms with E-state index in [0.717, 1.165) is 30.1 Å². The van der Waals surface area contributed by atoms with E-state index in [1.807, 2.05) is 23.6 Å². The molecular formula is C17H18N2O. The summed E-state index contributed by atoms with van der Waals surface area (Å²) in [5, 5.41) is 0. The Bertz CT molecular complexity index is 716. The molecule has 0 fully saturated rings. The maximum absolute atomic E-state index is 5.42. The average Bonchev–Trinajstić information content (AvgIpc) is 2.82. The van der Waals surface area contributed by atoms with Gasteiger partial charge in [0.2, 0.25) is 5.88 Å². The lowest BCUT2D eigenvalue weighted by atomic mass is 10.1. The molecule has 0 spiro atoms. The van der Waals surface area contributed by atoms with E-state index >= 15 is 0 Å². The van der Waals surface area contributed by atoms with E-state index in [0.29, 0.717) is 0 Å². The summed E-state index contributed by atoms with van der Waals surface area (Å²) in [5.74, 6) is 0.821. The zero-order valence-corrected chi connectivity index (χ0v) is 11.8. The van der Waals surface area contributed by atoms with Gasteiger partial charge in [0.25, 0.3) is 0 Å². The summed E-state index contributed by atoms with van der Waals surface area (Å²) >= 11 is 0. The third-order valence-corrected chi connectivity index (χ3v) is 3.57. The molecule has 0 aliphatic carbocycles. The van der Waals surface area contributed by atoms with Crippen LogP contribution in [0, 0.1) is 6.92 Å². The first kappa shape index (κ1) is 12.7. The molecule has 3 rings (SSSR count). The van der Waals surface area contributed by atoms with Crippen molar-refractivity contribution in [2.24, 2.45) is 0 Å². The van der Waals surface area contributed by atoms with Gasteiger partial charge in [0, 0.05) is 6.20 Å². The van der Waals surface area contributed by atoms with Gasteiger partial charge >= 0.3 is 0 Å². The van der Waals surface area contributed by atoms with Crippen LogP contribution >= 0.6 is 0 Å². The summed E-state index contributed by atoms with van der Waals surface area (Å²) < 4.78 is 7.44. The SMILES string of the molecule is COc1c(C)nc2c(CCc3ccccc3)cccn12. The Hall–Kier alpha value is -2.29. The first-order chi connectivity index (χ1) is 9.79. The number of imidazole rings is 1. The second-order valence-corrected chi connectivity index (χ2v) is 4.92. The van der Waals surface area contributed by atoms with Crippen LogP contribution in [0.1, 0.15) is 16.8 Å². The molecule has 102 valence electrons. The summed E-state index contributed by atoms with van der Waals surface area (Å²) in [7, 11) is 1.69. The van der Waals surface area contributed by atoms with Crippen molar-refractivity contribution in [1.82, 2.24) is 9.38 Å². The fourth-order valence-electron chi connectivity index (χ4n) is 2.58. The highest BCUT2D eigenvalue weighted by molar-refractivity contribution is 5.53. The Labute approximate surface area is 118 Å². The van der Waals surface area contributed by atoms with Crippen molar-refractivity contribution in [3.8, 4) is 5.88 Å². The molecule has 0 saturated heterocycles. The van der Waals surface area contributed by atoms with E-state index in [1.165, 1.54) is 11.1 Å². The largest absolute Gasteiger partial charge is 0.481 e. The van der Waals surface area contributed by atoms with Crippen LogP contribution in [-0.2, 0) is 12.8 Å². The lowest BCUT2D eigenvalue weighted by molar-refractivity contribution is 0.391. The molecule has 20 heavy (non-hydrogen) atoms. The fraction of sp³-hybridized carbons (Fsp3) is 0.235. The summed E-state index contributed by atoms with van der Waals surface area (Å²) in [6, 6.07) is 14.7. The number of hydrogen-bond acceptors (Lipinski definition) is 2. The Balaban J connectivity index is 1.92. The van der Waals surface area contributed by atoms with E-state index in [9.17, 15) is 0 Å². The lowest BCUT2D eigenvalue weighted by Gasteiger charge is -2.05. The fourth-order valence-corrected chi connectivity index (χ4v) is 2.58. The number of pyridine rings is 1. The van der Waals surface area contributed by atoms with Crippen LogP contribution in [0.4, 0.5) is 0 Å². The van der Waals surface area contributed by atoms with Crippen LogP contribution in [0.3, 0.4) is 0 Å². The van der Waals surface area contributed by atoms with Crippen molar-refractivity contribution in [2.45, 2.75) is 19.8 Å². The molecule has 0 atom stereocenters. The van der Waals surface area contributed by atoms with Gasteiger partial charge in [-0.25, -0.2) is 4.98 Å². The Kier molecular flexibility index (Phi) is 3.42. The number of hydrogen-bond donors (Lipinski definition) is 0. The van der Waals surface area contributed by atoms with E-state index in [1.54, 1.807) is 7.11 Å². The smallest absolute Gasteiger partial charge is 0.221 e. The molecule has 0 bridgehead atoms. The molecule has 3 aromatic rings. The van der Waals surface area contributed by atoms with Crippen molar-refractivity contribution in [1.29, 1.82) is 0 Å². The Morgan fingerprint density at radius 1 is 1.05 bits per heavy atom. The summed E-state index contributed by atoms with van der Waals surface area (Å²) in [6.07, 6.45) is 4.00. The first-order valence-corrected chi connectivity index (χ1v) is 6.84. The van der Waals surface area contributed by atoms with Gasteiger partial charge < -0.3 is 4.74 Å². The number of benzene rings is 1. The van der Waals surface area contributed by atoms with E-state index < -0.39 is 0 Å². The maximum atomic E-state index is 5.42. The van der Waals surface area contributed by atoms with Crippen LogP contribution in [0.5, 0.6) is 5.88 Å². The van der Waals surface area contributed by atoms with E-state index in [-0.39, 0.29) is 0 Å². The van der Waals surface area contributed by atoms with Crippen LogP contribution in [0.25, 0.3) is 5.65 Å². The maximum Gasteiger partial charge on any atom is 0.221 e. The first-order valence-electron chi connectivity index (χ1n) is 6.84. The van der Waals surface area contributed by atoms with Crippen molar-refractivity contribution in [3.05, 3.63) is 65.5 Å². The normalized spacial score (nSPS) is 10.9. The van der Waals surface area contributed by atoms with Crippen molar-refractivity contribution in [2.75, 3.05) is 7.11 Å². The monoisotopic (exact) mass is 266 g/mol. The zero-order chi connectivity index (χ0) is 13.9. The zero-order valence-electron chi connectivity index (χ0n) is 11.8. The lowest BCUT2D eigenvalue weighted by Crippen LogP contribution is -1.96. The van der Waals surface area contributed by atoms with Crippen LogP contribution < -0.4 is 4.74 Å². The van der Waals surface area contributed by atoms with Gasteiger partial charge in [-0.1, -0.05) is 36.4 Å². The van der Waals surface area contributed by atoms with Crippen LogP contribution in [0.15, 0.2) is 48.7 Å². The molecule has 2 heterocycles. The van der Waals surface area contributed by atoms with Crippen molar-refractivity contribution >= 4 is 5.65 Å². The minimum Gasteiger partial charge on any atom is -0.481 e. The Morgan fingerprint density at radius 2 is 1.85 bits per heavy atom. The molecule has 0 unspecified atom stereocenters. The summed E-state index contributed by atoms with van der Waals surface area (Å²) in [6.45, 7) is 1.98. The topological polar surface area (TPSA) is 26.5 Å². The summed E-state index contributed by atoms with van der Waals surface area (Å²) in [4.78, 5) is 4.63.